The van der Waals surface area contributed by atoms with E-state index in [-0.39, 0.29) is 0 Å². The van der Waals surface area contributed by atoms with Gasteiger partial charge in [0.1, 0.15) is 0 Å². The molecule has 2 saturated heterocycles. The Morgan fingerprint density at radius 2 is 2.37 bits per heavy atom. The van der Waals surface area contributed by atoms with Crippen molar-refractivity contribution in [3.63, 3.8) is 0 Å². The number of aryl methyl sites for hydroxylation is 1. The summed E-state index contributed by atoms with van der Waals surface area (Å²) in [5, 5.41) is 11.2. The number of ether oxygens (including phenoxy) is 2. The lowest BCUT2D eigenvalue weighted by Gasteiger charge is -2.34. The van der Waals surface area contributed by atoms with E-state index in [4.69, 9.17) is 9.47 Å². The van der Waals surface area contributed by atoms with Gasteiger partial charge in [0.25, 0.3) is 0 Å². The number of hydrogen-bond acceptors (Lipinski definition) is 5. The predicted octanol–water partition coefficient (Wildman–Crippen LogP) is 0.997. The molecule has 0 amide bonds. The molecule has 152 valence electrons. The first kappa shape index (κ1) is 19.9. The second-order valence-electron chi connectivity index (χ2n) is 7.46. The lowest BCUT2D eigenvalue weighted by molar-refractivity contribution is 0.0888. The van der Waals surface area contributed by atoms with Crippen molar-refractivity contribution in [1.82, 2.24) is 20.4 Å². The van der Waals surface area contributed by atoms with Crippen LogP contribution in [0.5, 0.6) is 0 Å². The molecule has 2 N–H and O–H groups in total. The van der Waals surface area contributed by atoms with Crippen LogP contribution in [0.1, 0.15) is 25.7 Å². The van der Waals surface area contributed by atoms with Crippen LogP contribution < -0.4 is 15.5 Å². The van der Waals surface area contributed by atoms with E-state index in [0.717, 1.165) is 71.3 Å². The van der Waals surface area contributed by atoms with E-state index >= 15 is 0 Å². The zero-order valence-corrected chi connectivity index (χ0v) is 16.7. The van der Waals surface area contributed by atoms with Gasteiger partial charge < -0.3 is 25.0 Å². The number of anilines is 1. The van der Waals surface area contributed by atoms with Crippen LogP contribution in [0.15, 0.2) is 17.4 Å². The zero-order chi connectivity index (χ0) is 18.9. The minimum absolute atomic E-state index is 0.392. The van der Waals surface area contributed by atoms with Crippen LogP contribution in [-0.2, 0) is 16.5 Å². The third-order valence-electron chi connectivity index (χ3n) is 5.18. The van der Waals surface area contributed by atoms with Crippen LogP contribution in [0.4, 0.5) is 5.69 Å². The first-order chi connectivity index (χ1) is 13.2. The van der Waals surface area contributed by atoms with Crippen molar-refractivity contribution in [3.05, 3.63) is 12.4 Å². The summed E-state index contributed by atoms with van der Waals surface area (Å²) in [6.45, 7) is 6.25. The molecular formula is C19H34N6O2. The lowest BCUT2D eigenvalue weighted by Crippen LogP contribution is -2.51. The molecular weight excluding hydrogens is 344 g/mol. The summed E-state index contributed by atoms with van der Waals surface area (Å²) in [6.07, 6.45) is 8.44. The first-order valence-electron chi connectivity index (χ1n) is 10.1. The molecule has 2 fully saturated rings. The number of rotatable bonds is 8. The van der Waals surface area contributed by atoms with E-state index in [1.165, 1.54) is 12.1 Å². The molecule has 0 aromatic carbocycles. The summed E-state index contributed by atoms with van der Waals surface area (Å²) in [5.41, 5.74) is 1.19. The maximum Gasteiger partial charge on any atom is 0.191 e. The maximum absolute atomic E-state index is 5.75. The van der Waals surface area contributed by atoms with Gasteiger partial charge in [-0.3, -0.25) is 9.67 Å². The third kappa shape index (κ3) is 6.39. The van der Waals surface area contributed by atoms with Gasteiger partial charge in [0, 0.05) is 65.1 Å². The Kier molecular flexibility index (Phi) is 7.77. The molecule has 0 spiro atoms. The Morgan fingerprint density at radius 1 is 1.44 bits per heavy atom. The molecule has 0 bridgehead atoms. The summed E-state index contributed by atoms with van der Waals surface area (Å²) >= 11 is 0. The fourth-order valence-electron chi connectivity index (χ4n) is 3.63. The molecule has 2 atom stereocenters. The molecule has 2 aliphatic rings. The van der Waals surface area contributed by atoms with E-state index in [9.17, 15) is 0 Å². The monoisotopic (exact) mass is 378 g/mol. The van der Waals surface area contributed by atoms with Crippen LogP contribution in [0.3, 0.4) is 0 Å². The summed E-state index contributed by atoms with van der Waals surface area (Å²) in [6, 6.07) is 0.392. The molecule has 8 heteroatoms. The van der Waals surface area contributed by atoms with Crippen LogP contribution in [-0.4, -0.2) is 74.9 Å². The summed E-state index contributed by atoms with van der Waals surface area (Å²) in [4.78, 5) is 6.76. The number of guanidine groups is 1. The second kappa shape index (κ2) is 10.5. The van der Waals surface area contributed by atoms with Gasteiger partial charge in [-0.1, -0.05) is 0 Å². The van der Waals surface area contributed by atoms with Crippen LogP contribution >= 0.6 is 0 Å². The summed E-state index contributed by atoms with van der Waals surface area (Å²) in [7, 11) is 3.79. The number of piperidine rings is 1. The average Bonchev–Trinajstić information content (AvgIpc) is 3.35. The van der Waals surface area contributed by atoms with Gasteiger partial charge in [-0.05, 0) is 25.7 Å². The van der Waals surface area contributed by atoms with E-state index in [2.05, 4.69) is 31.8 Å². The number of aromatic nitrogens is 2. The van der Waals surface area contributed by atoms with Gasteiger partial charge in [-0.25, -0.2) is 0 Å². The van der Waals surface area contributed by atoms with Crippen molar-refractivity contribution in [2.24, 2.45) is 18.0 Å². The molecule has 8 nitrogen and oxygen atoms in total. The van der Waals surface area contributed by atoms with Crippen LogP contribution in [0.2, 0.25) is 0 Å². The molecule has 27 heavy (non-hydrogen) atoms. The third-order valence-corrected chi connectivity index (χ3v) is 5.18. The largest absolute Gasteiger partial charge is 0.381 e. The highest BCUT2D eigenvalue weighted by atomic mass is 16.5. The van der Waals surface area contributed by atoms with E-state index in [0.29, 0.717) is 12.0 Å². The molecule has 0 saturated carbocycles. The second-order valence-corrected chi connectivity index (χ2v) is 7.46. The van der Waals surface area contributed by atoms with Gasteiger partial charge in [-0.2, -0.15) is 5.10 Å². The highest BCUT2D eigenvalue weighted by Crippen LogP contribution is 2.19. The van der Waals surface area contributed by atoms with Crippen molar-refractivity contribution in [3.8, 4) is 0 Å². The number of nitrogens with zero attached hydrogens (tertiary/aromatic N) is 4. The predicted molar refractivity (Wildman–Crippen MR) is 107 cm³/mol. The summed E-state index contributed by atoms with van der Waals surface area (Å²) in [5.74, 6) is 1.46. The van der Waals surface area contributed by atoms with Crippen LogP contribution in [0.25, 0.3) is 0 Å². The van der Waals surface area contributed by atoms with Crippen molar-refractivity contribution in [1.29, 1.82) is 0 Å². The van der Waals surface area contributed by atoms with E-state index in [1.54, 1.807) is 0 Å². The molecule has 0 aliphatic carbocycles. The number of nitrogens with one attached hydrogen (secondary N) is 2. The molecule has 1 aromatic heterocycles. The summed E-state index contributed by atoms with van der Waals surface area (Å²) < 4.78 is 13.0. The van der Waals surface area contributed by atoms with Crippen molar-refractivity contribution in [2.75, 3.05) is 58.0 Å². The SMILES string of the molecule is CN=C(NCCCOCC1CCOC1)NC1CCCN(c2cnn(C)c2)C1. The molecule has 2 aliphatic heterocycles. The quantitative estimate of drug-likeness (QED) is 0.399. The average molecular weight is 379 g/mol. The van der Waals surface area contributed by atoms with Gasteiger partial charge in [0.05, 0.1) is 25.1 Å². The highest BCUT2D eigenvalue weighted by Gasteiger charge is 2.21. The Hall–Kier alpha value is -1.80. The van der Waals surface area contributed by atoms with E-state index < -0.39 is 0 Å². The number of aliphatic imine (C=N–C) groups is 1. The Labute approximate surface area is 162 Å². The minimum atomic E-state index is 0.392. The molecule has 3 heterocycles. The standard InChI is InChI=1S/C19H34N6O2/c1-20-19(21-7-4-9-26-14-16-6-10-27-15-16)23-17-5-3-8-25(12-17)18-11-22-24(2)13-18/h11,13,16-17H,3-10,12,14-15H2,1-2H3,(H2,20,21,23). The Bertz CT molecular complexity index is 585. The van der Waals surface area contributed by atoms with Gasteiger partial charge in [0.2, 0.25) is 0 Å². The first-order valence-corrected chi connectivity index (χ1v) is 10.1. The molecule has 0 radical (unpaired) electrons. The van der Waals surface area contributed by atoms with Crippen molar-refractivity contribution >= 4 is 11.6 Å². The molecule has 2 unspecified atom stereocenters. The fraction of sp³-hybridized carbons (Fsp3) is 0.789. The normalized spacial score (nSPS) is 23.6. The Morgan fingerprint density at radius 3 is 3.11 bits per heavy atom. The topological polar surface area (TPSA) is 75.9 Å². The van der Waals surface area contributed by atoms with Crippen molar-refractivity contribution < 1.29 is 9.47 Å². The van der Waals surface area contributed by atoms with Gasteiger partial charge in [0.15, 0.2) is 5.96 Å². The minimum Gasteiger partial charge on any atom is -0.381 e. The molecule has 1 aromatic rings. The molecule has 3 rings (SSSR count). The smallest absolute Gasteiger partial charge is 0.191 e. The lowest BCUT2D eigenvalue weighted by atomic mass is 10.1. The highest BCUT2D eigenvalue weighted by molar-refractivity contribution is 5.80. The Balaban J connectivity index is 1.32. The van der Waals surface area contributed by atoms with Gasteiger partial charge in [-0.15, -0.1) is 0 Å². The van der Waals surface area contributed by atoms with Crippen LogP contribution in [0, 0.1) is 5.92 Å². The van der Waals surface area contributed by atoms with Crippen molar-refractivity contribution in [2.45, 2.75) is 31.7 Å². The van der Waals surface area contributed by atoms with E-state index in [1.807, 2.05) is 25.0 Å². The zero-order valence-electron chi connectivity index (χ0n) is 16.7. The van der Waals surface area contributed by atoms with Gasteiger partial charge >= 0.3 is 0 Å². The fourth-order valence-corrected chi connectivity index (χ4v) is 3.63. The number of hydrogen-bond donors (Lipinski definition) is 2. The maximum atomic E-state index is 5.75.